The smallest absolute Gasteiger partial charge is 0.250 e. The molecular weight excluding hydrogens is 261 g/mol. The summed E-state index contributed by atoms with van der Waals surface area (Å²) in [5.74, 6) is -0.719. The number of hydrogen-bond donors (Lipinski definition) is 0. The SMILES string of the molecule is CC(=O)c1ccc(OCCn2ccccc2=O)c(F)c1. The van der Waals surface area contributed by atoms with Crippen LogP contribution in [0, 0.1) is 5.82 Å². The molecular formula is C15H14FNO3. The fraction of sp³-hybridized carbons (Fsp3) is 0.200. The van der Waals surface area contributed by atoms with Crippen molar-refractivity contribution in [2.45, 2.75) is 13.5 Å². The molecule has 0 aliphatic carbocycles. The molecule has 4 nitrogen and oxygen atoms in total. The van der Waals surface area contributed by atoms with E-state index in [9.17, 15) is 14.0 Å². The van der Waals surface area contributed by atoms with E-state index in [1.165, 1.54) is 29.7 Å². The van der Waals surface area contributed by atoms with Crippen molar-refractivity contribution in [2.75, 3.05) is 6.61 Å². The number of nitrogens with zero attached hydrogens (tertiary/aromatic N) is 1. The second-order valence-corrected chi connectivity index (χ2v) is 4.28. The van der Waals surface area contributed by atoms with Crippen LogP contribution in [0.25, 0.3) is 0 Å². The predicted molar refractivity (Wildman–Crippen MR) is 72.6 cm³/mol. The maximum absolute atomic E-state index is 13.7. The maximum atomic E-state index is 13.7. The molecule has 0 aliphatic heterocycles. The third kappa shape index (κ3) is 3.32. The molecule has 0 spiro atoms. The van der Waals surface area contributed by atoms with Crippen molar-refractivity contribution in [1.29, 1.82) is 0 Å². The van der Waals surface area contributed by atoms with Crippen molar-refractivity contribution < 1.29 is 13.9 Å². The summed E-state index contributed by atoms with van der Waals surface area (Å²) in [6.07, 6.45) is 1.64. The Balaban J connectivity index is 2.00. The fourth-order valence-corrected chi connectivity index (χ4v) is 1.74. The molecule has 104 valence electrons. The van der Waals surface area contributed by atoms with Gasteiger partial charge in [0.2, 0.25) is 0 Å². The number of ether oxygens (including phenoxy) is 1. The average molecular weight is 275 g/mol. The number of hydrogen-bond acceptors (Lipinski definition) is 3. The highest BCUT2D eigenvalue weighted by Crippen LogP contribution is 2.18. The van der Waals surface area contributed by atoms with E-state index in [4.69, 9.17) is 4.74 Å². The zero-order valence-electron chi connectivity index (χ0n) is 11.0. The Labute approximate surface area is 115 Å². The zero-order valence-corrected chi connectivity index (χ0v) is 11.0. The number of carbonyl (C=O) groups is 1. The van der Waals surface area contributed by atoms with Crippen LogP contribution in [0.2, 0.25) is 0 Å². The third-order valence-corrected chi connectivity index (χ3v) is 2.83. The molecule has 1 aromatic heterocycles. The van der Waals surface area contributed by atoms with Gasteiger partial charge in [0.05, 0.1) is 6.54 Å². The van der Waals surface area contributed by atoms with Crippen LogP contribution in [0.4, 0.5) is 4.39 Å². The molecule has 0 amide bonds. The minimum Gasteiger partial charge on any atom is -0.489 e. The topological polar surface area (TPSA) is 48.3 Å². The van der Waals surface area contributed by atoms with E-state index < -0.39 is 5.82 Å². The molecule has 0 radical (unpaired) electrons. The van der Waals surface area contributed by atoms with E-state index in [-0.39, 0.29) is 23.7 Å². The molecule has 0 atom stereocenters. The summed E-state index contributed by atoms with van der Waals surface area (Å²) >= 11 is 0. The summed E-state index contributed by atoms with van der Waals surface area (Å²) in [6.45, 7) is 1.87. The van der Waals surface area contributed by atoms with Crippen molar-refractivity contribution in [3.8, 4) is 5.75 Å². The summed E-state index contributed by atoms with van der Waals surface area (Å²) in [7, 11) is 0. The van der Waals surface area contributed by atoms with Gasteiger partial charge in [-0.05, 0) is 31.2 Å². The third-order valence-electron chi connectivity index (χ3n) is 2.83. The standard InChI is InChI=1S/C15H14FNO3/c1-11(18)12-5-6-14(13(16)10-12)20-9-8-17-7-3-2-4-15(17)19/h2-7,10H,8-9H2,1H3. The summed E-state index contributed by atoms with van der Waals surface area (Å²) in [5.41, 5.74) is 0.164. The van der Waals surface area contributed by atoms with E-state index >= 15 is 0 Å². The van der Waals surface area contributed by atoms with Crippen LogP contribution < -0.4 is 10.3 Å². The monoisotopic (exact) mass is 275 g/mol. The normalized spacial score (nSPS) is 10.3. The van der Waals surface area contributed by atoms with Gasteiger partial charge in [-0.25, -0.2) is 4.39 Å². The second kappa shape index (κ2) is 6.14. The molecule has 5 heteroatoms. The molecule has 0 saturated carbocycles. The van der Waals surface area contributed by atoms with Crippen LogP contribution in [-0.2, 0) is 6.54 Å². The Kier molecular flexibility index (Phi) is 4.30. The first-order chi connectivity index (χ1) is 9.58. The van der Waals surface area contributed by atoms with Crippen molar-refractivity contribution in [1.82, 2.24) is 4.57 Å². The van der Waals surface area contributed by atoms with E-state index in [0.29, 0.717) is 12.1 Å². The lowest BCUT2D eigenvalue weighted by atomic mass is 10.1. The Morgan fingerprint density at radius 2 is 2.10 bits per heavy atom. The summed E-state index contributed by atoms with van der Waals surface area (Å²) in [6, 6.07) is 8.91. The molecule has 20 heavy (non-hydrogen) atoms. The van der Waals surface area contributed by atoms with Crippen molar-refractivity contribution in [3.05, 3.63) is 64.3 Å². The molecule has 1 aromatic carbocycles. The Bertz CT molecular complexity index is 679. The number of aromatic nitrogens is 1. The number of carbonyl (C=O) groups excluding carboxylic acids is 1. The summed E-state index contributed by atoms with van der Waals surface area (Å²) < 4.78 is 20.4. The number of Topliss-reactive ketones (excluding diaryl/α,β-unsaturated/α-hetero) is 1. The van der Waals surface area contributed by atoms with Gasteiger partial charge in [-0.1, -0.05) is 6.07 Å². The van der Waals surface area contributed by atoms with E-state index in [1.54, 1.807) is 18.3 Å². The van der Waals surface area contributed by atoms with E-state index in [2.05, 4.69) is 0 Å². The largest absolute Gasteiger partial charge is 0.489 e. The van der Waals surface area contributed by atoms with E-state index in [1.807, 2.05) is 0 Å². The minimum absolute atomic E-state index is 0.0685. The van der Waals surface area contributed by atoms with Gasteiger partial charge in [-0.2, -0.15) is 0 Å². The first-order valence-corrected chi connectivity index (χ1v) is 6.16. The minimum atomic E-state index is -0.585. The lowest BCUT2D eigenvalue weighted by molar-refractivity contribution is 0.101. The molecule has 0 bridgehead atoms. The van der Waals surface area contributed by atoms with Crippen molar-refractivity contribution >= 4 is 5.78 Å². The van der Waals surface area contributed by atoms with Gasteiger partial charge in [0, 0.05) is 17.8 Å². The van der Waals surface area contributed by atoms with Gasteiger partial charge >= 0.3 is 0 Å². The summed E-state index contributed by atoms with van der Waals surface area (Å²) in [5, 5.41) is 0. The number of ketones is 1. The molecule has 0 aliphatic rings. The molecule has 0 N–H and O–H groups in total. The number of benzene rings is 1. The quantitative estimate of drug-likeness (QED) is 0.786. The van der Waals surface area contributed by atoms with Crippen LogP contribution in [0.5, 0.6) is 5.75 Å². The van der Waals surface area contributed by atoms with Crippen molar-refractivity contribution in [2.24, 2.45) is 0 Å². The molecule has 0 fully saturated rings. The predicted octanol–water partition coefficient (Wildman–Crippen LogP) is 2.27. The van der Waals surface area contributed by atoms with Crippen LogP contribution in [-0.4, -0.2) is 17.0 Å². The number of pyridine rings is 1. The van der Waals surface area contributed by atoms with Gasteiger partial charge < -0.3 is 9.30 Å². The number of halogens is 1. The lowest BCUT2D eigenvalue weighted by Crippen LogP contribution is -2.21. The van der Waals surface area contributed by atoms with Crippen LogP contribution in [0.1, 0.15) is 17.3 Å². The van der Waals surface area contributed by atoms with Crippen LogP contribution in [0.15, 0.2) is 47.4 Å². The van der Waals surface area contributed by atoms with Gasteiger partial charge in [-0.15, -0.1) is 0 Å². The Hall–Kier alpha value is -2.43. The van der Waals surface area contributed by atoms with Crippen LogP contribution in [0.3, 0.4) is 0 Å². The van der Waals surface area contributed by atoms with Crippen molar-refractivity contribution in [3.63, 3.8) is 0 Å². The molecule has 1 heterocycles. The average Bonchev–Trinajstić information content (AvgIpc) is 2.42. The highest BCUT2D eigenvalue weighted by atomic mass is 19.1. The first kappa shape index (κ1) is 14.0. The highest BCUT2D eigenvalue weighted by molar-refractivity contribution is 5.94. The molecule has 0 unspecified atom stereocenters. The highest BCUT2D eigenvalue weighted by Gasteiger charge is 2.07. The maximum Gasteiger partial charge on any atom is 0.250 e. The zero-order chi connectivity index (χ0) is 14.5. The lowest BCUT2D eigenvalue weighted by Gasteiger charge is -2.09. The van der Waals surface area contributed by atoms with Gasteiger partial charge in [0.15, 0.2) is 17.3 Å². The van der Waals surface area contributed by atoms with Gasteiger partial charge in [-0.3, -0.25) is 9.59 Å². The van der Waals surface area contributed by atoms with Gasteiger partial charge in [0.25, 0.3) is 5.56 Å². The Morgan fingerprint density at radius 3 is 2.75 bits per heavy atom. The number of rotatable bonds is 5. The fourth-order valence-electron chi connectivity index (χ4n) is 1.74. The Morgan fingerprint density at radius 1 is 1.30 bits per heavy atom. The van der Waals surface area contributed by atoms with E-state index in [0.717, 1.165) is 6.07 Å². The summed E-state index contributed by atoms with van der Waals surface area (Å²) in [4.78, 5) is 22.5. The molecule has 0 saturated heterocycles. The second-order valence-electron chi connectivity index (χ2n) is 4.28. The van der Waals surface area contributed by atoms with Crippen LogP contribution >= 0.6 is 0 Å². The first-order valence-electron chi connectivity index (χ1n) is 6.16. The molecule has 2 aromatic rings. The molecule has 2 rings (SSSR count). The van der Waals surface area contributed by atoms with Gasteiger partial charge in [0.1, 0.15) is 6.61 Å².